The largest absolute Gasteiger partial charge is 0.334 e. The van der Waals surface area contributed by atoms with Crippen LogP contribution >= 0.6 is 0 Å². The molecule has 0 saturated carbocycles. The third kappa shape index (κ3) is 2.70. The van der Waals surface area contributed by atoms with Crippen LogP contribution in [0.2, 0.25) is 0 Å². The molecule has 4 heteroatoms. The van der Waals surface area contributed by atoms with Gasteiger partial charge >= 0.3 is 0 Å². The monoisotopic (exact) mass is 247 g/mol. The van der Waals surface area contributed by atoms with E-state index in [-0.39, 0.29) is 18.0 Å². The summed E-state index contributed by atoms with van der Waals surface area (Å²) < 4.78 is 0. The zero-order chi connectivity index (χ0) is 13.1. The van der Waals surface area contributed by atoms with E-state index in [0.29, 0.717) is 5.56 Å². The molecule has 98 valence electrons. The van der Waals surface area contributed by atoms with E-state index in [1.54, 1.807) is 12.4 Å². The zero-order valence-corrected chi connectivity index (χ0v) is 11.1. The van der Waals surface area contributed by atoms with Crippen molar-refractivity contribution in [2.45, 2.75) is 45.2 Å². The third-order valence-corrected chi connectivity index (χ3v) is 3.54. The van der Waals surface area contributed by atoms with Crippen molar-refractivity contribution in [1.29, 1.82) is 0 Å². The second kappa shape index (κ2) is 5.48. The van der Waals surface area contributed by atoms with Crippen LogP contribution in [0.15, 0.2) is 18.5 Å². The number of carbonyl (C=O) groups excluding carboxylic acids is 1. The molecule has 1 fully saturated rings. The SMILES string of the molecule is Cc1cncc(C(=O)N2CCCC[C@H]2[C@@H](C)N)c1. The molecule has 2 rings (SSSR count). The minimum atomic E-state index is 0.0204. The summed E-state index contributed by atoms with van der Waals surface area (Å²) in [5.74, 6) is 0.0631. The Morgan fingerprint density at radius 1 is 1.50 bits per heavy atom. The fourth-order valence-corrected chi connectivity index (χ4v) is 2.59. The number of nitrogens with two attached hydrogens (primary N) is 1. The van der Waals surface area contributed by atoms with E-state index >= 15 is 0 Å². The van der Waals surface area contributed by atoms with Gasteiger partial charge in [0, 0.05) is 31.0 Å². The smallest absolute Gasteiger partial charge is 0.255 e. The Balaban J connectivity index is 2.21. The summed E-state index contributed by atoms with van der Waals surface area (Å²) in [5, 5.41) is 0. The van der Waals surface area contributed by atoms with Crippen LogP contribution in [0.3, 0.4) is 0 Å². The molecular weight excluding hydrogens is 226 g/mol. The van der Waals surface area contributed by atoms with Crippen molar-refractivity contribution >= 4 is 5.91 Å². The summed E-state index contributed by atoms with van der Waals surface area (Å²) in [6.45, 7) is 4.73. The molecule has 0 aromatic carbocycles. The van der Waals surface area contributed by atoms with Crippen molar-refractivity contribution in [2.75, 3.05) is 6.54 Å². The van der Waals surface area contributed by atoms with E-state index in [1.165, 1.54) is 0 Å². The minimum Gasteiger partial charge on any atom is -0.334 e. The maximum atomic E-state index is 12.5. The maximum Gasteiger partial charge on any atom is 0.255 e. The standard InChI is InChI=1S/C14H21N3O/c1-10-7-12(9-16-8-10)14(18)17-6-4-3-5-13(17)11(2)15/h7-9,11,13H,3-6,15H2,1-2H3/t11-,13+/m1/s1. The Bertz CT molecular complexity index is 431. The van der Waals surface area contributed by atoms with Gasteiger partial charge in [-0.3, -0.25) is 9.78 Å². The lowest BCUT2D eigenvalue weighted by Gasteiger charge is -2.38. The Kier molecular flexibility index (Phi) is 3.97. The number of rotatable bonds is 2. The molecule has 0 aliphatic carbocycles. The van der Waals surface area contributed by atoms with Gasteiger partial charge in [-0.15, -0.1) is 0 Å². The van der Waals surface area contributed by atoms with Gasteiger partial charge in [0.15, 0.2) is 0 Å². The zero-order valence-electron chi connectivity index (χ0n) is 11.1. The second-order valence-corrected chi connectivity index (χ2v) is 5.17. The summed E-state index contributed by atoms with van der Waals surface area (Å²) in [5.41, 5.74) is 7.67. The van der Waals surface area contributed by atoms with Crippen molar-refractivity contribution in [3.63, 3.8) is 0 Å². The third-order valence-electron chi connectivity index (χ3n) is 3.54. The van der Waals surface area contributed by atoms with Gasteiger partial charge in [-0.1, -0.05) is 0 Å². The van der Waals surface area contributed by atoms with Crippen LogP contribution < -0.4 is 5.73 Å². The van der Waals surface area contributed by atoms with Crippen LogP contribution in [0.4, 0.5) is 0 Å². The van der Waals surface area contributed by atoms with E-state index in [1.807, 2.05) is 24.8 Å². The van der Waals surface area contributed by atoms with Crippen molar-refractivity contribution in [2.24, 2.45) is 5.73 Å². The number of aryl methyl sites for hydroxylation is 1. The Morgan fingerprint density at radius 2 is 2.28 bits per heavy atom. The summed E-state index contributed by atoms with van der Waals surface area (Å²) in [7, 11) is 0. The highest BCUT2D eigenvalue weighted by Crippen LogP contribution is 2.21. The molecule has 2 heterocycles. The number of amides is 1. The lowest BCUT2D eigenvalue weighted by Crippen LogP contribution is -2.51. The lowest BCUT2D eigenvalue weighted by molar-refractivity contribution is 0.0583. The molecule has 1 aliphatic rings. The fourth-order valence-electron chi connectivity index (χ4n) is 2.59. The molecule has 1 aliphatic heterocycles. The number of carbonyl (C=O) groups is 1. The van der Waals surface area contributed by atoms with E-state index < -0.39 is 0 Å². The number of aromatic nitrogens is 1. The molecule has 18 heavy (non-hydrogen) atoms. The first-order valence-corrected chi connectivity index (χ1v) is 6.58. The van der Waals surface area contributed by atoms with Crippen LogP contribution in [-0.2, 0) is 0 Å². The molecular formula is C14H21N3O. The van der Waals surface area contributed by atoms with Crippen LogP contribution in [0.5, 0.6) is 0 Å². The fraction of sp³-hybridized carbons (Fsp3) is 0.571. The second-order valence-electron chi connectivity index (χ2n) is 5.17. The van der Waals surface area contributed by atoms with Crippen molar-refractivity contribution in [3.8, 4) is 0 Å². The van der Waals surface area contributed by atoms with Gasteiger partial charge in [-0.25, -0.2) is 0 Å². The number of hydrogen-bond acceptors (Lipinski definition) is 3. The normalized spacial score (nSPS) is 21.7. The van der Waals surface area contributed by atoms with Crippen LogP contribution in [0, 0.1) is 6.92 Å². The maximum absolute atomic E-state index is 12.5. The molecule has 2 N–H and O–H groups in total. The van der Waals surface area contributed by atoms with Gasteiger partial charge < -0.3 is 10.6 Å². The van der Waals surface area contributed by atoms with Crippen molar-refractivity contribution < 1.29 is 4.79 Å². The highest BCUT2D eigenvalue weighted by molar-refractivity contribution is 5.94. The average Bonchev–Trinajstić information content (AvgIpc) is 2.38. The van der Waals surface area contributed by atoms with Gasteiger partial charge in [-0.05, 0) is 44.7 Å². The van der Waals surface area contributed by atoms with E-state index in [2.05, 4.69) is 4.98 Å². The first kappa shape index (κ1) is 13.0. The Hall–Kier alpha value is -1.42. The number of nitrogens with zero attached hydrogens (tertiary/aromatic N) is 2. The first-order valence-electron chi connectivity index (χ1n) is 6.58. The van der Waals surface area contributed by atoms with E-state index in [9.17, 15) is 4.79 Å². The highest BCUT2D eigenvalue weighted by Gasteiger charge is 2.29. The summed E-state index contributed by atoms with van der Waals surface area (Å²) in [6.07, 6.45) is 6.62. The molecule has 1 aromatic heterocycles. The van der Waals surface area contributed by atoms with Crippen LogP contribution in [0.1, 0.15) is 42.1 Å². The van der Waals surface area contributed by atoms with Gasteiger partial charge in [0.2, 0.25) is 0 Å². The molecule has 4 nitrogen and oxygen atoms in total. The summed E-state index contributed by atoms with van der Waals surface area (Å²) in [6, 6.07) is 2.07. The molecule has 0 unspecified atom stereocenters. The predicted octanol–water partition coefficient (Wildman–Crippen LogP) is 1.73. The number of hydrogen-bond donors (Lipinski definition) is 1. The van der Waals surface area contributed by atoms with Crippen LogP contribution in [-0.4, -0.2) is 34.4 Å². The molecule has 1 saturated heterocycles. The highest BCUT2D eigenvalue weighted by atomic mass is 16.2. The minimum absolute atomic E-state index is 0.0204. The average molecular weight is 247 g/mol. The van der Waals surface area contributed by atoms with E-state index in [0.717, 1.165) is 31.4 Å². The van der Waals surface area contributed by atoms with Gasteiger partial charge in [0.1, 0.15) is 0 Å². The van der Waals surface area contributed by atoms with Gasteiger partial charge in [0.25, 0.3) is 5.91 Å². The molecule has 1 aromatic rings. The molecule has 1 amide bonds. The molecule has 0 spiro atoms. The van der Waals surface area contributed by atoms with Crippen molar-refractivity contribution in [1.82, 2.24) is 9.88 Å². The molecule has 2 atom stereocenters. The summed E-state index contributed by atoms with van der Waals surface area (Å²) in [4.78, 5) is 18.5. The van der Waals surface area contributed by atoms with E-state index in [4.69, 9.17) is 5.73 Å². The lowest BCUT2D eigenvalue weighted by atomic mass is 9.96. The van der Waals surface area contributed by atoms with Crippen LogP contribution in [0.25, 0.3) is 0 Å². The Morgan fingerprint density at radius 3 is 2.94 bits per heavy atom. The first-order chi connectivity index (χ1) is 8.59. The number of piperidine rings is 1. The summed E-state index contributed by atoms with van der Waals surface area (Å²) >= 11 is 0. The van der Waals surface area contributed by atoms with Gasteiger partial charge in [0.05, 0.1) is 5.56 Å². The molecule has 0 radical (unpaired) electrons. The predicted molar refractivity (Wildman–Crippen MR) is 71.3 cm³/mol. The quantitative estimate of drug-likeness (QED) is 0.866. The van der Waals surface area contributed by atoms with Gasteiger partial charge in [-0.2, -0.15) is 0 Å². The number of likely N-dealkylation sites (tertiary alicyclic amines) is 1. The topological polar surface area (TPSA) is 59.2 Å². The number of pyridine rings is 1. The van der Waals surface area contributed by atoms with Crippen molar-refractivity contribution in [3.05, 3.63) is 29.6 Å². The molecule has 0 bridgehead atoms. The Labute approximate surface area is 108 Å².